The number of carbonyl (C=O) groups is 1. The summed E-state index contributed by atoms with van der Waals surface area (Å²) in [5.74, 6) is 1.68. The first-order valence-electron chi connectivity index (χ1n) is 11.8. The lowest BCUT2D eigenvalue weighted by Gasteiger charge is -2.30. The standard InChI is InChI=1S/C23H28N8O6/c1-35-17-15(36-9-2-6-30-8-10-37-21(34)20(30)33)4-3-14-16(17)28-23(31-7-5-25-18(14)31)29-19(32)13-11-26-22(24)27-12-13/h3-4,11-12,19,21,32,34H,2,5-10H2,1H3,(H,28,29)(H2,24,26,27). The Bertz CT molecular complexity index is 1220. The number of amides is 1. The van der Waals surface area contributed by atoms with Crippen molar-refractivity contribution in [3.8, 4) is 11.5 Å². The molecule has 1 saturated heterocycles. The van der Waals surface area contributed by atoms with E-state index in [-0.39, 0.29) is 5.95 Å². The van der Waals surface area contributed by atoms with Gasteiger partial charge in [0, 0.05) is 43.2 Å². The number of carbonyl (C=O) groups excluding carboxylic acids is 1. The summed E-state index contributed by atoms with van der Waals surface area (Å²) in [6.45, 7) is 2.63. The molecule has 0 bridgehead atoms. The molecule has 2 unspecified atom stereocenters. The fraction of sp³-hybridized carbons (Fsp3) is 0.435. The van der Waals surface area contributed by atoms with E-state index in [1.165, 1.54) is 19.5 Å². The van der Waals surface area contributed by atoms with Crippen LogP contribution in [0.1, 0.15) is 23.8 Å². The van der Waals surface area contributed by atoms with Gasteiger partial charge in [0.2, 0.25) is 18.2 Å². The van der Waals surface area contributed by atoms with Gasteiger partial charge in [-0.1, -0.05) is 0 Å². The first-order valence-corrected chi connectivity index (χ1v) is 11.8. The summed E-state index contributed by atoms with van der Waals surface area (Å²) in [5.41, 5.74) is 7.27. The molecule has 1 aromatic heterocycles. The molecule has 0 spiro atoms. The highest BCUT2D eigenvalue weighted by molar-refractivity contribution is 6.16. The van der Waals surface area contributed by atoms with Gasteiger partial charge in [0.15, 0.2) is 17.7 Å². The van der Waals surface area contributed by atoms with Gasteiger partial charge in [-0.05, 0) is 18.6 Å². The molecule has 0 saturated carbocycles. The van der Waals surface area contributed by atoms with E-state index in [9.17, 15) is 15.0 Å². The number of rotatable bonds is 8. The monoisotopic (exact) mass is 512 g/mol. The number of guanidine groups is 1. The number of hydrogen-bond acceptors (Lipinski definition) is 13. The maximum absolute atomic E-state index is 12.0. The Morgan fingerprint density at radius 3 is 2.89 bits per heavy atom. The Labute approximate surface area is 212 Å². The largest absolute Gasteiger partial charge is 0.491 e. The third kappa shape index (κ3) is 4.98. The van der Waals surface area contributed by atoms with E-state index < -0.39 is 18.4 Å². The van der Waals surface area contributed by atoms with Gasteiger partial charge in [-0.2, -0.15) is 0 Å². The Morgan fingerprint density at radius 2 is 2.11 bits per heavy atom. The number of nitrogens with two attached hydrogens (primary N) is 1. The molecule has 1 amide bonds. The summed E-state index contributed by atoms with van der Waals surface area (Å²) in [4.78, 5) is 32.6. The number of nitrogen functional groups attached to an aromatic ring is 1. The highest BCUT2D eigenvalue weighted by Gasteiger charge is 2.33. The van der Waals surface area contributed by atoms with E-state index >= 15 is 0 Å². The van der Waals surface area contributed by atoms with E-state index in [1.54, 1.807) is 11.0 Å². The van der Waals surface area contributed by atoms with Gasteiger partial charge in [0.1, 0.15) is 11.5 Å². The van der Waals surface area contributed by atoms with Crippen LogP contribution in [0, 0.1) is 0 Å². The van der Waals surface area contributed by atoms with Gasteiger partial charge in [0.05, 0.1) is 26.9 Å². The van der Waals surface area contributed by atoms with Crippen LogP contribution in [0.3, 0.4) is 0 Å². The van der Waals surface area contributed by atoms with Crippen molar-refractivity contribution in [3.05, 3.63) is 35.7 Å². The van der Waals surface area contributed by atoms with Gasteiger partial charge < -0.3 is 40.4 Å². The van der Waals surface area contributed by atoms with Gasteiger partial charge >= 0.3 is 0 Å². The topological polar surface area (TPSA) is 180 Å². The molecule has 4 heterocycles. The Balaban J connectivity index is 1.33. The average molecular weight is 513 g/mol. The predicted molar refractivity (Wildman–Crippen MR) is 131 cm³/mol. The lowest BCUT2D eigenvalue weighted by Crippen LogP contribution is -2.48. The number of nitrogens with zero attached hydrogens (tertiary/aromatic N) is 6. The summed E-state index contributed by atoms with van der Waals surface area (Å²) in [6, 6.07) is 3.67. The van der Waals surface area contributed by atoms with Gasteiger partial charge in [-0.25, -0.2) is 15.0 Å². The van der Waals surface area contributed by atoms with Crippen LogP contribution in [0.25, 0.3) is 0 Å². The number of aliphatic imine (C=N–C) groups is 2. The van der Waals surface area contributed by atoms with Crippen molar-refractivity contribution >= 4 is 29.3 Å². The van der Waals surface area contributed by atoms with E-state index in [2.05, 4.69) is 20.3 Å². The van der Waals surface area contributed by atoms with Crippen molar-refractivity contribution in [1.82, 2.24) is 25.1 Å². The third-order valence-electron chi connectivity index (χ3n) is 6.12. The molecule has 5 N–H and O–H groups in total. The Kier molecular flexibility index (Phi) is 7.03. The summed E-state index contributed by atoms with van der Waals surface area (Å²) in [7, 11) is 1.53. The number of aliphatic hydroxyl groups excluding tert-OH is 2. The van der Waals surface area contributed by atoms with Crippen LogP contribution in [-0.4, -0.2) is 100 Å². The molecule has 3 aliphatic heterocycles. The van der Waals surface area contributed by atoms with Crippen LogP contribution < -0.4 is 20.5 Å². The van der Waals surface area contributed by atoms with Crippen molar-refractivity contribution < 1.29 is 29.2 Å². The smallest absolute Gasteiger partial charge is 0.279 e. The molecular formula is C23H28N8O6. The van der Waals surface area contributed by atoms with Crippen LogP contribution in [0.15, 0.2) is 34.5 Å². The maximum Gasteiger partial charge on any atom is 0.279 e. The number of hydrogen-bond donors (Lipinski definition) is 4. The van der Waals surface area contributed by atoms with Gasteiger partial charge in [-0.15, -0.1) is 0 Å². The van der Waals surface area contributed by atoms with Crippen LogP contribution in [0.2, 0.25) is 0 Å². The number of anilines is 1. The Hall–Kier alpha value is -4.01. The summed E-state index contributed by atoms with van der Waals surface area (Å²) >= 11 is 0. The molecule has 2 aromatic rings. The highest BCUT2D eigenvalue weighted by Crippen LogP contribution is 2.43. The number of nitrogens with one attached hydrogen (secondary N) is 1. The van der Waals surface area contributed by atoms with Crippen LogP contribution in [0.4, 0.5) is 11.6 Å². The molecule has 14 nitrogen and oxygen atoms in total. The number of morpholine rings is 1. The second-order valence-corrected chi connectivity index (χ2v) is 8.46. The minimum absolute atomic E-state index is 0.111. The molecule has 2 atom stereocenters. The lowest BCUT2D eigenvalue weighted by molar-refractivity contribution is -0.183. The molecule has 3 aliphatic rings. The van der Waals surface area contributed by atoms with Gasteiger partial charge in [0.25, 0.3) is 5.91 Å². The van der Waals surface area contributed by atoms with Crippen LogP contribution >= 0.6 is 0 Å². The second-order valence-electron chi connectivity index (χ2n) is 8.46. The number of ether oxygens (including phenoxy) is 3. The normalized spacial score (nSPS) is 19.5. The number of benzene rings is 1. The molecule has 14 heteroatoms. The second kappa shape index (κ2) is 10.5. The van der Waals surface area contributed by atoms with Crippen LogP contribution in [0.5, 0.6) is 11.5 Å². The molecule has 5 rings (SSSR count). The van der Waals surface area contributed by atoms with E-state index in [0.717, 1.165) is 5.56 Å². The van der Waals surface area contributed by atoms with Crippen molar-refractivity contribution in [2.45, 2.75) is 18.9 Å². The predicted octanol–water partition coefficient (Wildman–Crippen LogP) is -0.642. The fourth-order valence-corrected chi connectivity index (χ4v) is 4.28. The van der Waals surface area contributed by atoms with Crippen molar-refractivity contribution in [3.63, 3.8) is 0 Å². The Morgan fingerprint density at radius 1 is 1.30 bits per heavy atom. The first-order chi connectivity index (χ1) is 18.0. The summed E-state index contributed by atoms with van der Waals surface area (Å²) in [5, 5.41) is 23.3. The van der Waals surface area contributed by atoms with Crippen molar-refractivity contribution in [1.29, 1.82) is 0 Å². The number of amidine groups is 1. The minimum Gasteiger partial charge on any atom is -0.491 e. The molecular weight excluding hydrogens is 484 g/mol. The summed E-state index contributed by atoms with van der Waals surface area (Å²) < 4.78 is 16.6. The molecule has 1 aromatic carbocycles. The molecule has 1 fully saturated rings. The average Bonchev–Trinajstić information content (AvgIpc) is 3.40. The van der Waals surface area contributed by atoms with Gasteiger partial charge in [-0.3, -0.25) is 14.7 Å². The van der Waals surface area contributed by atoms with E-state index in [1.807, 2.05) is 11.0 Å². The van der Waals surface area contributed by atoms with E-state index in [4.69, 9.17) is 24.9 Å². The number of methoxy groups -OCH3 is 1. The fourth-order valence-electron chi connectivity index (χ4n) is 4.28. The zero-order valence-electron chi connectivity index (χ0n) is 20.2. The van der Waals surface area contributed by atoms with E-state index in [0.29, 0.717) is 80.4 Å². The highest BCUT2D eigenvalue weighted by atomic mass is 16.6. The number of aliphatic hydroxyl groups is 2. The number of aromatic nitrogens is 2. The maximum atomic E-state index is 12.0. The SMILES string of the molecule is COc1c(OCCCN2CCOC(O)C2=O)ccc2c1N=C(NC(O)c1cnc(N)nc1)N1CCN=C21. The quantitative estimate of drug-likeness (QED) is 0.261. The third-order valence-corrected chi connectivity index (χ3v) is 6.12. The number of fused-ring (bicyclic) bond motifs is 3. The molecule has 196 valence electrons. The first kappa shape index (κ1) is 24.7. The van der Waals surface area contributed by atoms with Crippen molar-refractivity contribution in [2.24, 2.45) is 9.98 Å². The van der Waals surface area contributed by atoms with Crippen molar-refractivity contribution in [2.75, 3.05) is 52.2 Å². The lowest BCUT2D eigenvalue weighted by atomic mass is 10.1. The molecule has 0 aliphatic carbocycles. The summed E-state index contributed by atoms with van der Waals surface area (Å²) in [6.07, 6.45) is 0.891. The zero-order chi connectivity index (χ0) is 25.9. The van der Waals surface area contributed by atoms with Crippen LogP contribution in [-0.2, 0) is 9.53 Å². The zero-order valence-corrected chi connectivity index (χ0v) is 20.2. The molecule has 0 radical (unpaired) electrons. The minimum atomic E-state index is -1.40. The molecule has 37 heavy (non-hydrogen) atoms.